The molecule has 228 valence electrons. The van der Waals surface area contributed by atoms with Gasteiger partial charge >= 0.3 is 12.0 Å². The number of para-hydroxylation sites is 1. The van der Waals surface area contributed by atoms with Crippen LogP contribution in [0.1, 0.15) is 61.8 Å². The number of nitrogens with one attached hydrogen (secondary N) is 4. The van der Waals surface area contributed by atoms with Gasteiger partial charge < -0.3 is 26.0 Å². The quantitative estimate of drug-likeness (QED) is 0.0898. The largest absolute Gasteiger partial charge is 0.469 e. The van der Waals surface area contributed by atoms with E-state index in [0.29, 0.717) is 12.1 Å². The second kappa shape index (κ2) is 17.3. The highest BCUT2D eigenvalue weighted by molar-refractivity contribution is 14.1. The lowest BCUT2D eigenvalue weighted by Crippen LogP contribution is -2.48. The monoisotopic (exact) mass is 698 g/mol. The van der Waals surface area contributed by atoms with Crippen LogP contribution in [0.4, 0.5) is 16.2 Å². The summed E-state index contributed by atoms with van der Waals surface area (Å²) in [5.74, 6) is -1.09. The van der Waals surface area contributed by atoms with Crippen molar-refractivity contribution in [3.8, 4) is 0 Å². The number of hydrogen-bond acceptors (Lipinski definition) is 5. The number of halogens is 1. The predicted molar refractivity (Wildman–Crippen MR) is 177 cm³/mol. The second-order valence-corrected chi connectivity index (χ2v) is 11.5. The molecule has 0 heterocycles. The van der Waals surface area contributed by atoms with Crippen molar-refractivity contribution in [3.63, 3.8) is 0 Å². The third-order valence-corrected chi connectivity index (χ3v) is 7.62. The standard InChI is InChI=1S/C33H39IN4O5/c1-4-5-6-11-28(32(41)37-29(21-31(40)43-3)24-14-16-25(34)17-15-24)36-30(39)20-23-12-18-26(19-13-23)35-33(42)38-27-10-8-7-9-22(27)2/h7-10,12-19,28-29H,4-6,11,20-21H2,1-3H3,(H,36,39)(H,37,41)(H2,35,38,42)/t28-,29-/m0/s1. The Bertz CT molecular complexity index is 1380. The van der Waals surface area contributed by atoms with E-state index in [2.05, 4.69) is 50.8 Å². The van der Waals surface area contributed by atoms with Crippen LogP contribution in [-0.2, 0) is 25.5 Å². The van der Waals surface area contributed by atoms with Crippen molar-refractivity contribution in [2.45, 2.75) is 64.5 Å². The van der Waals surface area contributed by atoms with Crippen LogP contribution >= 0.6 is 22.6 Å². The SMILES string of the molecule is CCCCC[C@H](NC(=O)Cc1ccc(NC(=O)Nc2ccccc2C)cc1)C(=O)N[C@@H](CC(=O)OC)c1ccc(I)cc1. The number of aryl methyl sites for hydroxylation is 1. The fraction of sp³-hybridized carbons (Fsp3) is 0.333. The molecule has 2 atom stereocenters. The minimum Gasteiger partial charge on any atom is -0.469 e. The lowest BCUT2D eigenvalue weighted by molar-refractivity contribution is -0.141. The molecule has 0 saturated carbocycles. The normalized spacial score (nSPS) is 12.0. The van der Waals surface area contributed by atoms with E-state index in [1.54, 1.807) is 24.3 Å². The van der Waals surface area contributed by atoms with Gasteiger partial charge in [-0.1, -0.05) is 68.7 Å². The summed E-state index contributed by atoms with van der Waals surface area (Å²) in [5, 5.41) is 11.5. The van der Waals surface area contributed by atoms with Crippen molar-refractivity contribution in [2.24, 2.45) is 0 Å². The minimum atomic E-state index is -0.755. The van der Waals surface area contributed by atoms with Gasteiger partial charge in [0, 0.05) is 14.9 Å². The number of ether oxygens (including phenoxy) is 1. The van der Waals surface area contributed by atoms with E-state index in [4.69, 9.17) is 4.74 Å². The summed E-state index contributed by atoms with van der Waals surface area (Å²) in [6.45, 7) is 3.99. The van der Waals surface area contributed by atoms with Crippen molar-refractivity contribution >= 4 is 57.8 Å². The maximum Gasteiger partial charge on any atom is 0.323 e. The van der Waals surface area contributed by atoms with Gasteiger partial charge in [-0.25, -0.2) is 4.79 Å². The molecule has 0 unspecified atom stereocenters. The fourth-order valence-electron chi connectivity index (χ4n) is 4.47. The number of benzene rings is 3. The summed E-state index contributed by atoms with van der Waals surface area (Å²) in [6, 6.07) is 20.3. The number of hydrogen-bond donors (Lipinski definition) is 4. The highest BCUT2D eigenvalue weighted by Crippen LogP contribution is 2.20. The van der Waals surface area contributed by atoms with Crippen molar-refractivity contribution in [1.82, 2.24) is 10.6 Å². The van der Waals surface area contributed by atoms with Crippen LogP contribution in [0.25, 0.3) is 0 Å². The molecule has 10 heteroatoms. The zero-order valence-corrected chi connectivity index (χ0v) is 26.9. The Balaban J connectivity index is 1.62. The third-order valence-electron chi connectivity index (χ3n) is 6.91. The van der Waals surface area contributed by atoms with E-state index in [-0.39, 0.29) is 30.7 Å². The predicted octanol–water partition coefficient (Wildman–Crippen LogP) is 6.27. The maximum absolute atomic E-state index is 13.4. The molecule has 0 aliphatic rings. The summed E-state index contributed by atoms with van der Waals surface area (Å²) < 4.78 is 5.88. The molecule has 0 aliphatic carbocycles. The molecule has 3 rings (SSSR count). The van der Waals surface area contributed by atoms with Crippen LogP contribution in [0, 0.1) is 10.5 Å². The van der Waals surface area contributed by atoms with E-state index in [1.807, 2.05) is 55.5 Å². The number of anilines is 2. The number of carbonyl (C=O) groups is 4. The van der Waals surface area contributed by atoms with Gasteiger partial charge in [0.2, 0.25) is 11.8 Å². The zero-order chi connectivity index (χ0) is 31.2. The average Bonchev–Trinajstić information content (AvgIpc) is 2.99. The molecule has 0 aromatic heterocycles. The molecule has 3 aromatic carbocycles. The van der Waals surface area contributed by atoms with E-state index >= 15 is 0 Å². The molecule has 4 N–H and O–H groups in total. The number of esters is 1. The van der Waals surface area contributed by atoms with Crippen LogP contribution in [-0.4, -0.2) is 37.0 Å². The van der Waals surface area contributed by atoms with E-state index < -0.39 is 18.1 Å². The fourth-order valence-corrected chi connectivity index (χ4v) is 4.83. The maximum atomic E-state index is 13.4. The Morgan fingerprint density at radius 3 is 2.21 bits per heavy atom. The zero-order valence-electron chi connectivity index (χ0n) is 24.7. The molecule has 0 aliphatic heterocycles. The summed E-state index contributed by atoms with van der Waals surface area (Å²) in [6.07, 6.45) is 3.18. The Labute approximate surface area is 266 Å². The van der Waals surface area contributed by atoms with Gasteiger partial charge in [-0.3, -0.25) is 14.4 Å². The molecule has 0 spiro atoms. The third kappa shape index (κ3) is 11.3. The van der Waals surface area contributed by atoms with Gasteiger partial charge in [0.15, 0.2) is 0 Å². The molecule has 9 nitrogen and oxygen atoms in total. The van der Waals surface area contributed by atoms with E-state index in [0.717, 1.165) is 45.2 Å². The Hall–Kier alpha value is -3.93. The first-order valence-corrected chi connectivity index (χ1v) is 15.4. The Kier molecular flexibility index (Phi) is 13.5. The van der Waals surface area contributed by atoms with Crippen molar-refractivity contribution < 1.29 is 23.9 Å². The van der Waals surface area contributed by atoms with E-state index in [1.165, 1.54) is 7.11 Å². The van der Waals surface area contributed by atoms with Crippen molar-refractivity contribution in [3.05, 3.63) is 93.1 Å². The molecular formula is C33H39IN4O5. The summed E-state index contributed by atoms with van der Waals surface area (Å²) in [4.78, 5) is 51.0. The van der Waals surface area contributed by atoms with Crippen LogP contribution in [0.5, 0.6) is 0 Å². The smallest absolute Gasteiger partial charge is 0.323 e. The molecule has 4 amide bonds. The molecule has 0 saturated heterocycles. The van der Waals surface area contributed by atoms with Crippen molar-refractivity contribution in [2.75, 3.05) is 17.7 Å². The molecule has 3 aromatic rings. The Morgan fingerprint density at radius 2 is 1.56 bits per heavy atom. The van der Waals surface area contributed by atoms with E-state index in [9.17, 15) is 19.2 Å². The second-order valence-electron chi connectivity index (χ2n) is 10.3. The molecular weight excluding hydrogens is 659 g/mol. The first-order valence-electron chi connectivity index (χ1n) is 14.3. The van der Waals surface area contributed by atoms with Crippen LogP contribution in [0.15, 0.2) is 72.8 Å². The van der Waals surface area contributed by atoms with Gasteiger partial charge in [0.25, 0.3) is 0 Å². The molecule has 0 radical (unpaired) electrons. The average molecular weight is 699 g/mol. The van der Waals surface area contributed by atoms with Crippen LogP contribution < -0.4 is 21.3 Å². The lowest BCUT2D eigenvalue weighted by Gasteiger charge is -2.23. The molecule has 0 fully saturated rings. The van der Waals surface area contributed by atoms with Crippen LogP contribution in [0.2, 0.25) is 0 Å². The van der Waals surface area contributed by atoms with Gasteiger partial charge in [-0.2, -0.15) is 0 Å². The number of carbonyl (C=O) groups excluding carboxylic acids is 4. The van der Waals surface area contributed by atoms with Crippen molar-refractivity contribution in [1.29, 1.82) is 0 Å². The Morgan fingerprint density at radius 1 is 0.860 bits per heavy atom. The highest BCUT2D eigenvalue weighted by Gasteiger charge is 2.25. The molecule has 0 bridgehead atoms. The number of amides is 4. The summed E-state index contributed by atoms with van der Waals surface area (Å²) >= 11 is 2.19. The number of methoxy groups -OCH3 is 1. The first kappa shape index (κ1) is 33.6. The van der Waals surface area contributed by atoms with Gasteiger partial charge in [0.1, 0.15) is 6.04 Å². The minimum absolute atomic E-state index is 0.0260. The summed E-state index contributed by atoms with van der Waals surface area (Å²) in [7, 11) is 1.31. The topological polar surface area (TPSA) is 126 Å². The van der Waals surface area contributed by atoms with Gasteiger partial charge in [0.05, 0.1) is 26.0 Å². The van der Waals surface area contributed by atoms with Gasteiger partial charge in [-0.05, 0) is 83.0 Å². The van der Waals surface area contributed by atoms with Crippen LogP contribution in [0.3, 0.4) is 0 Å². The highest BCUT2D eigenvalue weighted by atomic mass is 127. The van der Waals surface area contributed by atoms with Gasteiger partial charge in [-0.15, -0.1) is 0 Å². The molecule has 43 heavy (non-hydrogen) atoms. The summed E-state index contributed by atoms with van der Waals surface area (Å²) in [5.41, 5.74) is 3.77. The number of rotatable bonds is 14. The number of urea groups is 1. The first-order chi connectivity index (χ1) is 20.7. The number of unbranched alkanes of at least 4 members (excludes halogenated alkanes) is 2. The lowest BCUT2D eigenvalue weighted by atomic mass is 10.0.